The second-order valence-electron chi connectivity index (χ2n) is 5.82. The molecule has 0 spiro atoms. The molecule has 6 nitrogen and oxygen atoms in total. The summed E-state index contributed by atoms with van der Waals surface area (Å²) in [6.45, 7) is 1.94. The zero-order valence-electron chi connectivity index (χ0n) is 14.6. The van der Waals surface area contributed by atoms with Gasteiger partial charge < -0.3 is 11.1 Å². The average Bonchev–Trinajstić information content (AvgIpc) is 2.57. The number of nitrogen functional groups attached to an aromatic ring is 1. The minimum atomic E-state index is -3.32. The highest BCUT2D eigenvalue weighted by atomic mass is 35.5. The van der Waals surface area contributed by atoms with E-state index >= 15 is 0 Å². The summed E-state index contributed by atoms with van der Waals surface area (Å²) in [7, 11) is -3.32. The number of nitrogens with one attached hydrogen (secondary N) is 2. The van der Waals surface area contributed by atoms with Crippen LogP contribution in [0.15, 0.2) is 48.5 Å². The van der Waals surface area contributed by atoms with E-state index in [1.807, 2.05) is 19.1 Å². The van der Waals surface area contributed by atoms with Crippen molar-refractivity contribution >= 4 is 45.4 Å². The Morgan fingerprint density at radius 2 is 1.58 bits per heavy atom. The van der Waals surface area contributed by atoms with Gasteiger partial charge in [0.05, 0.1) is 12.2 Å². The van der Waals surface area contributed by atoms with Gasteiger partial charge in [0.15, 0.2) is 0 Å². The molecule has 1 amide bonds. The molecule has 0 aliphatic heterocycles. The lowest BCUT2D eigenvalue weighted by Crippen LogP contribution is -2.17. The Bertz CT molecular complexity index is 807. The van der Waals surface area contributed by atoms with Gasteiger partial charge in [0, 0.05) is 17.1 Å². The number of hydrogen-bond donors (Lipinski definition) is 3. The van der Waals surface area contributed by atoms with E-state index in [0.717, 1.165) is 12.0 Å². The fourth-order valence-corrected chi connectivity index (χ4v) is 3.48. The molecule has 0 radical (unpaired) electrons. The zero-order valence-corrected chi connectivity index (χ0v) is 16.2. The molecule has 0 saturated carbocycles. The van der Waals surface area contributed by atoms with E-state index < -0.39 is 10.0 Å². The van der Waals surface area contributed by atoms with E-state index in [-0.39, 0.29) is 30.5 Å². The maximum absolute atomic E-state index is 12.0. The maximum Gasteiger partial charge on any atom is 0.232 e. The van der Waals surface area contributed by atoms with Crippen LogP contribution in [-0.2, 0) is 21.2 Å². The van der Waals surface area contributed by atoms with Crippen LogP contribution in [0.3, 0.4) is 0 Å². The van der Waals surface area contributed by atoms with Crippen molar-refractivity contribution in [2.45, 2.75) is 26.2 Å². The predicted octanol–water partition coefficient (Wildman–Crippen LogP) is 3.41. The molecule has 0 aliphatic carbocycles. The molecule has 0 atom stereocenters. The summed E-state index contributed by atoms with van der Waals surface area (Å²) in [5, 5.41) is 2.78. The Hall–Kier alpha value is -2.25. The Morgan fingerprint density at radius 3 is 2.15 bits per heavy atom. The number of nitrogens with two attached hydrogens (primary N) is 1. The third-order valence-corrected chi connectivity index (χ3v) is 4.93. The Balaban J connectivity index is 0.00000338. The van der Waals surface area contributed by atoms with Gasteiger partial charge in [0.2, 0.25) is 15.9 Å². The summed E-state index contributed by atoms with van der Waals surface area (Å²) in [5.74, 6) is -0.0510. The van der Waals surface area contributed by atoms with Crippen molar-refractivity contribution < 1.29 is 13.2 Å². The summed E-state index contributed by atoms with van der Waals surface area (Å²) in [5.41, 5.74) is 8.23. The minimum absolute atomic E-state index is 0. The van der Waals surface area contributed by atoms with Crippen molar-refractivity contribution in [3.63, 3.8) is 0 Å². The Kier molecular flexibility index (Phi) is 8.41. The van der Waals surface area contributed by atoms with Crippen LogP contribution in [0.5, 0.6) is 0 Å². The third kappa shape index (κ3) is 7.33. The molecule has 0 aliphatic rings. The van der Waals surface area contributed by atoms with E-state index in [1.165, 1.54) is 0 Å². The van der Waals surface area contributed by atoms with Crippen LogP contribution in [0.4, 0.5) is 17.1 Å². The van der Waals surface area contributed by atoms with Crippen molar-refractivity contribution in [1.82, 2.24) is 0 Å². The molecule has 2 rings (SSSR count). The molecule has 0 unspecified atom stereocenters. The number of benzene rings is 2. The summed E-state index contributed by atoms with van der Waals surface area (Å²) in [6, 6.07) is 13.7. The van der Waals surface area contributed by atoms with Crippen molar-refractivity contribution in [2.75, 3.05) is 21.5 Å². The van der Waals surface area contributed by atoms with Gasteiger partial charge in [-0.05, 0) is 48.4 Å². The Labute approximate surface area is 160 Å². The molecule has 0 aromatic heterocycles. The van der Waals surface area contributed by atoms with Crippen molar-refractivity contribution in [1.29, 1.82) is 0 Å². The Morgan fingerprint density at radius 1 is 1.00 bits per heavy atom. The zero-order chi connectivity index (χ0) is 18.3. The number of unbranched alkanes of at least 4 members (excludes halogenated alkanes) is 1. The predicted molar refractivity (Wildman–Crippen MR) is 109 cm³/mol. The van der Waals surface area contributed by atoms with Gasteiger partial charge in [-0.15, -0.1) is 12.4 Å². The first-order valence-corrected chi connectivity index (χ1v) is 9.78. The molecular formula is C18H24ClN3O3S. The molecule has 0 heterocycles. The van der Waals surface area contributed by atoms with Crippen molar-refractivity contribution in [3.8, 4) is 0 Å². The van der Waals surface area contributed by atoms with Gasteiger partial charge in [-0.1, -0.05) is 25.5 Å². The quantitative estimate of drug-likeness (QED) is 0.594. The van der Waals surface area contributed by atoms with Gasteiger partial charge in [-0.2, -0.15) is 0 Å². The van der Waals surface area contributed by atoms with E-state index in [0.29, 0.717) is 23.5 Å². The van der Waals surface area contributed by atoms with Gasteiger partial charge >= 0.3 is 0 Å². The lowest BCUT2D eigenvalue weighted by atomic mass is 10.1. The van der Waals surface area contributed by atoms with Crippen LogP contribution in [0.2, 0.25) is 0 Å². The van der Waals surface area contributed by atoms with Crippen LogP contribution in [0.1, 0.15) is 25.3 Å². The normalized spacial score (nSPS) is 10.7. The van der Waals surface area contributed by atoms with Crippen molar-refractivity contribution in [3.05, 3.63) is 54.1 Å². The molecule has 26 heavy (non-hydrogen) atoms. The lowest BCUT2D eigenvalue weighted by molar-refractivity contribution is -0.115. The number of carbonyl (C=O) groups is 1. The number of anilines is 3. The highest BCUT2D eigenvalue weighted by Crippen LogP contribution is 2.16. The van der Waals surface area contributed by atoms with Crippen LogP contribution < -0.4 is 15.8 Å². The second kappa shape index (κ2) is 10.0. The first-order valence-electron chi connectivity index (χ1n) is 8.13. The monoisotopic (exact) mass is 397 g/mol. The smallest absolute Gasteiger partial charge is 0.232 e. The molecule has 0 saturated heterocycles. The first kappa shape index (κ1) is 21.8. The number of amides is 1. The largest absolute Gasteiger partial charge is 0.399 e. The molecule has 8 heteroatoms. The summed E-state index contributed by atoms with van der Waals surface area (Å²) < 4.78 is 26.2. The van der Waals surface area contributed by atoms with Crippen LogP contribution >= 0.6 is 12.4 Å². The van der Waals surface area contributed by atoms with Gasteiger partial charge in [0.25, 0.3) is 0 Å². The highest BCUT2D eigenvalue weighted by molar-refractivity contribution is 7.92. The van der Waals surface area contributed by atoms with Crippen LogP contribution in [-0.4, -0.2) is 20.1 Å². The van der Waals surface area contributed by atoms with Crippen LogP contribution in [0.25, 0.3) is 0 Å². The van der Waals surface area contributed by atoms with Gasteiger partial charge in [-0.25, -0.2) is 8.42 Å². The number of sulfonamides is 1. The standard InChI is InChI=1S/C18H23N3O3S.ClH/c1-2-3-12-25(23,24)21-17-10-8-16(9-11-17)20-18(22)13-14-4-6-15(19)7-5-14;/h4-11,21H,2-3,12-13,19H2,1H3,(H,20,22);1H. The lowest BCUT2D eigenvalue weighted by Gasteiger charge is -2.09. The summed E-state index contributed by atoms with van der Waals surface area (Å²) in [6.07, 6.45) is 1.68. The van der Waals surface area contributed by atoms with Gasteiger partial charge in [-0.3, -0.25) is 9.52 Å². The fourth-order valence-electron chi connectivity index (χ4n) is 2.21. The maximum atomic E-state index is 12.0. The minimum Gasteiger partial charge on any atom is -0.399 e. The first-order chi connectivity index (χ1) is 11.9. The molecule has 2 aromatic carbocycles. The van der Waals surface area contributed by atoms with E-state index in [2.05, 4.69) is 10.0 Å². The average molecular weight is 398 g/mol. The topological polar surface area (TPSA) is 101 Å². The number of halogens is 1. The number of carbonyl (C=O) groups excluding carboxylic acids is 1. The third-order valence-electron chi connectivity index (χ3n) is 3.55. The molecule has 2 aromatic rings. The van der Waals surface area contributed by atoms with E-state index in [4.69, 9.17) is 5.73 Å². The number of hydrogen-bond acceptors (Lipinski definition) is 4. The van der Waals surface area contributed by atoms with Crippen LogP contribution in [0, 0.1) is 0 Å². The van der Waals surface area contributed by atoms with Gasteiger partial charge in [0.1, 0.15) is 0 Å². The van der Waals surface area contributed by atoms with E-state index in [9.17, 15) is 13.2 Å². The highest BCUT2D eigenvalue weighted by Gasteiger charge is 2.10. The number of rotatable bonds is 8. The summed E-state index contributed by atoms with van der Waals surface area (Å²) >= 11 is 0. The molecule has 4 N–H and O–H groups in total. The molecule has 0 fully saturated rings. The molecule has 142 valence electrons. The SMILES string of the molecule is CCCCS(=O)(=O)Nc1ccc(NC(=O)Cc2ccc(N)cc2)cc1.Cl. The van der Waals surface area contributed by atoms with E-state index in [1.54, 1.807) is 36.4 Å². The molecular weight excluding hydrogens is 374 g/mol. The fraction of sp³-hybridized carbons (Fsp3) is 0.278. The summed E-state index contributed by atoms with van der Waals surface area (Å²) in [4.78, 5) is 12.0. The molecule has 0 bridgehead atoms. The van der Waals surface area contributed by atoms with Crippen molar-refractivity contribution in [2.24, 2.45) is 0 Å². The second-order valence-corrected chi connectivity index (χ2v) is 7.66.